The number of nitrogens with one attached hydrogen (secondary N) is 1. The monoisotopic (exact) mass is 174 g/mol. The number of thiol groups is 1. The van der Waals surface area contributed by atoms with Crippen molar-refractivity contribution >= 4 is 23.5 Å². The minimum Gasteiger partial charge on any atom is -0.360 e. The molecule has 1 aromatic heterocycles. The first-order valence-electron chi connectivity index (χ1n) is 3.51. The van der Waals surface area contributed by atoms with Crippen LogP contribution in [0.4, 0.5) is 0 Å². The quantitative estimate of drug-likeness (QED) is 0.591. The van der Waals surface area contributed by atoms with Gasteiger partial charge in [0.15, 0.2) is 0 Å². The van der Waals surface area contributed by atoms with E-state index in [-0.39, 0.29) is 0 Å². The summed E-state index contributed by atoms with van der Waals surface area (Å²) in [6.07, 6.45) is 1.81. The summed E-state index contributed by atoms with van der Waals surface area (Å²) in [6, 6.07) is 7.58. The van der Waals surface area contributed by atoms with Crippen molar-refractivity contribution in [1.82, 2.24) is 4.98 Å². The van der Waals surface area contributed by atoms with Crippen molar-refractivity contribution in [3.63, 3.8) is 0 Å². The van der Waals surface area contributed by atoms with Crippen molar-refractivity contribution in [1.29, 1.82) is 5.26 Å². The molecule has 2 aromatic rings. The molecular weight excluding hydrogens is 168 g/mol. The largest absolute Gasteiger partial charge is 0.360 e. The van der Waals surface area contributed by atoms with Crippen LogP contribution in [0.3, 0.4) is 0 Å². The molecule has 2 nitrogen and oxygen atoms in total. The summed E-state index contributed by atoms with van der Waals surface area (Å²) < 4.78 is 0. The fraction of sp³-hybridized carbons (Fsp3) is 0. The zero-order chi connectivity index (χ0) is 8.55. The molecule has 1 N–H and O–H groups in total. The van der Waals surface area contributed by atoms with E-state index < -0.39 is 0 Å². The Bertz CT molecular complexity index is 465. The summed E-state index contributed by atoms with van der Waals surface area (Å²) in [5.74, 6) is 0. The van der Waals surface area contributed by atoms with Crippen molar-refractivity contribution in [3.8, 4) is 6.07 Å². The van der Waals surface area contributed by atoms with E-state index in [9.17, 15) is 0 Å². The van der Waals surface area contributed by atoms with Crippen molar-refractivity contribution in [2.24, 2.45) is 0 Å². The molecular formula is C9H6N2S. The molecule has 0 aliphatic heterocycles. The van der Waals surface area contributed by atoms with Gasteiger partial charge in [0.2, 0.25) is 0 Å². The Morgan fingerprint density at radius 2 is 2.25 bits per heavy atom. The maximum Gasteiger partial charge on any atom is 0.0991 e. The number of hydrogen-bond acceptors (Lipinski definition) is 2. The summed E-state index contributed by atoms with van der Waals surface area (Å²) in [5.41, 5.74) is 1.68. The van der Waals surface area contributed by atoms with Crippen molar-refractivity contribution in [3.05, 3.63) is 30.0 Å². The SMILES string of the molecule is N#Cc1ccc2[nH]cc(S)c2c1. The molecule has 0 aliphatic rings. The Labute approximate surface area is 75.2 Å². The molecule has 0 saturated carbocycles. The third-order valence-corrected chi connectivity index (χ3v) is 2.16. The van der Waals surface area contributed by atoms with Crippen molar-refractivity contribution < 1.29 is 0 Å². The molecule has 0 spiro atoms. The maximum atomic E-state index is 8.64. The van der Waals surface area contributed by atoms with E-state index in [1.54, 1.807) is 6.07 Å². The predicted molar refractivity (Wildman–Crippen MR) is 50.3 cm³/mol. The lowest BCUT2D eigenvalue weighted by Gasteiger charge is -1.90. The predicted octanol–water partition coefficient (Wildman–Crippen LogP) is 2.33. The highest BCUT2D eigenvalue weighted by atomic mass is 32.1. The molecule has 0 radical (unpaired) electrons. The van der Waals surface area contributed by atoms with E-state index in [0.29, 0.717) is 5.56 Å². The van der Waals surface area contributed by atoms with Crippen molar-refractivity contribution in [2.45, 2.75) is 4.90 Å². The lowest BCUT2D eigenvalue weighted by Crippen LogP contribution is -1.73. The van der Waals surface area contributed by atoms with Gasteiger partial charge in [-0.05, 0) is 18.2 Å². The molecule has 2 rings (SSSR count). The van der Waals surface area contributed by atoms with Gasteiger partial charge in [0.1, 0.15) is 0 Å². The average Bonchev–Trinajstić information content (AvgIpc) is 2.47. The molecule has 1 aromatic carbocycles. The number of fused-ring (bicyclic) bond motifs is 1. The molecule has 58 valence electrons. The number of hydrogen-bond donors (Lipinski definition) is 2. The fourth-order valence-corrected chi connectivity index (χ4v) is 1.42. The molecule has 1 heterocycles. The Morgan fingerprint density at radius 1 is 1.42 bits per heavy atom. The summed E-state index contributed by atoms with van der Waals surface area (Å²) in [4.78, 5) is 3.93. The number of aromatic nitrogens is 1. The molecule has 0 bridgehead atoms. The van der Waals surface area contributed by atoms with Gasteiger partial charge >= 0.3 is 0 Å². The summed E-state index contributed by atoms with van der Waals surface area (Å²) in [6.45, 7) is 0. The summed E-state index contributed by atoms with van der Waals surface area (Å²) >= 11 is 4.25. The van der Waals surface area contributed by atoms with Crippen LogP contribution in [0.5, 0.6) is 0 Å². The van der Waals surface area contributed by atoms with Crippen molar-refractivity contribution in [2.75, 3.05) is 0 Å². The van der Waals surface area contributed by atoms with Crippen LogP contribution in [0.1, 0.15) is 5.56 Å². The van der Waals surface area contributed by atoms with Gasteiger partial charge in [-0.1, -0.05) is 0 Å². The highest BCUT2D eigenvalue weighted by molar-refractivity contribution is 7.80. The molecule has 0 saturated heterocycles. The van der Waals surface area contributed by atoms with Crippen LogP contribution >= 0.6 is 12.6 Å². The van der Waals surface area contributed by atoms with Crippen LogP contribution in [0.2, 0.25) is 0 Å². The van der Waals surface area contributed by atoms with E-state index in [0.717, 1.165) is 15.8 Å². The summed E-state index contributed by atoms with van der Waals surface area (Å²) in [7, 11) is 0. The Kier molecular flexibility index (Phi) is 1.56. The first-order chi connectivity index (χ1) is 5.81. The number of rotatable bonds is 0. The number of nitriles is 1. The van der Waals surface area contributed by atoms with Crippen LogP contribution in [0.15, 0.2) is 29.3 Å². The molecule has 12 heavy (non-hydrogen) atoms. The second-order valence-electron chi connectivity index (χ2n) is 2.55. The van der Waals surface area contributed by atoms with Crippen LogP contribution < -0.4 is 0 Å². The average molecular weight is 174 g/mol. The van der Waals surface area contributed by atoms with Gasteiger partial charge in [-0.2, -0.15) is 5.26 Å². The van der Waals surface area contributed by atoms with E-state index in [1.165, 1.54) is 0 Å². The molecule has 0 unspecified atom stereocenters. The lowest BCUT2D eigenvalue weighted by molar-refractivity contribution is 1.42. The van der Waals surface area contributed by atoms with Gasteiger partial charge in [-0.3, -0.25) is 0 Å². The number of H-pyrrole nitrogens is 1. The van der Waals surface area contributed by atoms with E-state index in [4.69, 9.17) is 5.26 Å². The Balaban J connectivity index is 2.82. The standard InChI is InChI=1S/C9H6N2S/c10-4-6-1-2-8-7(3-6)9(12)5-11-8/h1-3,5,11-12H. The second kappa shape index (κ2) is 2.58. The topological polar surface area (TPSA) is 39.6 Å². The molecule has 0 atom stereocenters. The first kappa shape index (κ1) is 7.26. The number of aromatic amines is 1. The third-order valence-electron chi connectivity index (χ3n) is 1.79. The molecule has 0 fully saturated rings. The normalized spacial score (nSPS) is 10.0. The zero-order valence-corrected chi connectivity index (χ0v) is 7.10. The van der Waals surface area contributed by atoms with Gasteiger partial charge in [0.25, 0.3) is 0 Å². The first-order valence-corrected chi connectivity index (χ1v) is 3.96. The van der Waals surface area contributed by atoms with E-state index in [1.807, 2.05) is 18.3 Å². The minimum absolute atomic E-state index is 0.664. The molecule has 0 aliphatic carbocycles. The van der Waals surface area contributed by atoms with Crippen LogP contribution in [0.25, 0.3) is 10.9 Å². The number of benzene rings is 1. The molecule has 0 amide bonds. The van der Waals surface area contributed by atoms with Crippen LogP contribution in [0, 0.1) is 11.3 Å². The second-order valence-corrected chi connectivity index (χ2v) is 3.03. The maximum absolute atomic E-state index is 8.64. The van der Waals surface area contributed by atoms with Gasteiger partial charge in [0.05, 0.1) is 11.6 Å². The van der Waals surface area contributed by atoms with Crippen LogP contribution in [-0.4, -0.2) is 4.98 Å². The fourth-order valence-electron chi connectivity index (χ4n) is 1.18. The molecule has 3 heteroatoms. The van der Waals surface area contributed by atoms with Gasteiger partial charge in [-0.25, -0.2) is 0 Å². The highest BCUT2D eigenvalue weighted by Crippen LogP contribution is 2.21. The summed E-state index contributed by atoms with van der Waals surface area (Å²) in [5, 5.41) is 9.64. The zero-order valence-electron chi connectivity index (χ0n) is 6.20. The smallest absolute Gasteiger partial charge is 0.0991 e. The Morgan fingerprint density at radius 3 is 3.00 bits per heavy atom. The van der Waals surface area contributed by atoms with Crippen LogP contribution in [-0.2, 0) is 0 Å². The van der Waals surface area contributed by atoms with E-state index >= 15 is 0 Å². The van der Waals surface area contributed by atoms with Gasteiger partial charge in [-0.15, -0.1) is 12.6 Å². The third kappa shape index (κ3) is 0.973. The Hall–Kier alpha value is -1.40. The lowest BCUT2D eigenvalue weighted by atomic mass is 10.2. The van der Waals surface area contributed by atoms with Gasteiger partial charge in [0, 0.05) is 22.0 Å². The van der Waals surface area contributed by atoms with E-state index in [2.05, 4.69) is 23.7 Å². The van der Waals surface area contributed by atoms with Gasteiger partial charge < -0.3 is 4.98 Å². The number of nitrogens with zero attached hydrogens (tertiary/aromatic N) is 1. The highest BCUT2D eigenvalue weighted by Gasteiger charge is 1.99. The minimum atomic E-state index is 0.664.